The molecule has 0 saturated carbocycles. The summed E-state index contributed by atoms with van der Waals surface area (Å²) in [5.74, 6) is 0. The molecule has 0 unspecified atom stereocenters. The van der Waals surface area contributed by atoms with Crippen LogP contribution in [-0.2, 0) is 22.4 Å². The summed E-state index contributed by atoms with van der Waals surface area (Å²) < 4.78 is 11.5. The minimum Gasteiger partial charge on any atom is -0.381 e. The van der Waals surface area contributed by atoms with Gasteiger partial charge in [0, 0.05) is 33.0 Å². The predicted octanol–water partition coefficient (Wildman–Crippen LogP) is 6.95. The van der Waals surface area contributed by atoms with Crippen LogP contribution in [0.1, 0.15) is 75.3 Å². The highest BCUT2D eigenvalue weighted by Crippen LogP contribution is 2.06. The SMILES string of the molecule is c1ccc(CCCCOCCCCCCOCCCCCCNCc2ccccc2)cc1. The smallest absolute Gasteiger partial charge is 0.0466 e. The number of rotatable bonds is 21. The topological polar surface area (TPSA) is 30.5 Å². The van der Waals surface area contributed by atoms with E-state index < -0.39 is 0 Å². The van der Waals surface area contributed by atoms with E-state index in [1.165, 1.54) is 68.9 Å². The maximum atomic E-state index is 5.78. The van der Waals surface area contributed by atoms with E-state index in [1.807, 2.05) is 0 Å². The van der Waals surface area contributed by atoms with Crippen molar-refractivity contribution in [1.29, 1.82) is 0 Å². The van der Waals surface area contributed by atoms with Crippen molar-refractivity contribution < 1.29 is 9.47 Å². The van der Waals surface area contributed by atoms with Gasteiger partial charge in [0.25, 0.3) is 0 Å². The second kappa shape index (κ2) is 20.0. The van der Waals surface area contributed by atoms with E-state index in [9.17, 15) is 0 Å². The van der Waals surface area contributed by atoms with Crippen molar-refractivity contribution in [2.75, 3.05) is 33.0 Å². The van der Waals surface area contributed by atoms with Gasteiger partial charge in [-0.15, -0.1) is 0 Å². The molecular formula is C29H45NO2. The Balaban J connectivity index is 1.21. The van der Waals surface area contributed by atoms with E-state index >= 15 is 0 Å². The summed E-state index contributed by atoms with van der Waals surface area (Å²) in [5, 5.41) is 3.52. The Morgan fingerprint density at radius 1 is 0.469 bits per heavy atom. The van der Waals surface area contributed by atoms with E-state index in [0.29, 0.717) is 0 Å². The van der Waals surface area contributed by atoms with Gasteiger partial charge in [-0.25, -0.2) is 0 Å². The lowest BCUT2D eigenvalue weighted by Crippen LogP contribution is -2.14. The maximum absolute atomic E-state index is 5.78. The fraction of sp³-hybridized carbons (Fsp3) is 0.586. The number of ether oxygens (including phenoxy) is 2. The first-order chi connectivity index (χ1) is 15.9. The fourth-order valence-electron chi connectivity index (χ4n) is 3.78. The zero-order valence-electron chi connectivity index (χ0n) is 20.1. The van der Waals surface area contributed by atoms with Crippen LogP contribution in [0, 0.1) is 0 Å². The summed E-state index contributed by atoms with van der Waals surface area (Å²) in [7, 11) is 0. The summed E-state index contributed by atoms with van der Waals surface area (Å²) in [6, 6.07) is 21.3. The highest BCUT2D eigenvalue weighted by molar-refractivity contribution is 5.15. The Morgan fingerprint density at radius 2 is 0.938 bits per heavy atom. The summed E-state index contributed by atoms with van der Waals surface area (Å²) in [6.07, 6.45) is 13.4. The summed E-state index contributed by atoms with van der Waals surface area (Å²) >= 11 is 0. The van der Waals surface area contributed by atoms with Crippen LogP contribution in [0.25, 0.3) is 0 Å². The summed E-state index contributed by atoms with van der Waals surface area (Å²) in [4.78, 5) is 0. The van der Waals surface area contributed by atoms with Gasteiger partial charge in [0.1, 0.15) is 0 Å². The number of hydrogen-bond donors (Lipinski definition) is 1. The lowest BCUT2D eigenvalue weighted by molar-refractivity contribution is 0.117. The molecule has 3 heteroatoms. The van der Waals surface area contributed by atoms with Crippen molar-refractivity contribution in [2.45, 2.75) is 77.2 Å². The predicted molar refractivity (Wildman–Crippen MR) is 136 cm³/mol. The lowest BCUT2D eigenvalue weighted by Gasteiger charge is -2.06. The van der Waals surface area contributed by atoms with Crippen LogP contribution < -0.4 is 5.32 Å². The van der Waals surface area contributed by atoms with Crippen LogP contribution in [0.5, 0.6) is 0 Å². The molecule has 0 radical (unpaired) electrons. The second-order valence-electron chi connectivity index (χ2n) is 8.66. The van der Waals surface area contributed by atoms with Crippen molar-refractivity contribution in [1.82, 2.24) is 5.32 Å². The maximum Gasteiger partial charge on any atom is 0.0466 e. The molecule has 0 atom stereocenters. The number of benzene rings is 2. The molecule has 3 nitrogen and oxygen atoms in total. The Morgan fingerprint density at radius 3 is 1.50 bits per heavy atom. The first kappa shape index (κ1) is 26.6. The largest absolute Gasteiger partial charge is 0.381 e. The molecule has 0 saturated heterocycles. The quantitative estimate of drug-likeness (QED) is 0.213. The van der Waals surface area contributed by atoms with Crippen molar-refractivity contribution in [3.05, 3.63) is 71.8 Å². The van der Waals surface area contributed by atoms with Crippen molar-refractivity contribution in [2.24, 2.45) is 0 Å². The van der Waals surface area contributed by atoms with Gasteiger partial charge in [-0.05, 0) is 62.6 Å². The Bertz CT molecular complexity index is 575. The number of nitrogens with one attached hydrogen (secondary N) is 1. The molecule has 2 rings (SSSR count). The molecule has 0 heterocycles. The van der Waals surface area contributed by atoms with Gasteiger partial charge in [0.2, 0.25) is 0 Å². The average molecular weight is 440 g/mol. The van der Waals surface area contributed by atoms with Crippen LogP contribution in [0.3, 0.4) is 0 Å². The monoisotopic (exact) mass is 439 g/mol. The molecule has 32 heavy (non-hydrogen) atoms. The minimum absolute atomic E-state index is 0.902. The highest BCUT2D eigenvalue weighted by Gasteiger charge is 1.96. The summed E-state index contributed by atoms with van der Waals surface area (Å²) in [5.41, 5.74) is 2.80. The normalized spacial score (nSPS) is 11.1. The fourth-order valence-corrected chi connectivity index (χ4v) is 3.78. The van der Waals surface area contributed by atoms with Gasteiger partial charge in [-0.2, -0.15) is 0 Å². The number of aryl methyl sites for hydroxylation is 1. The van der Waals surface area contributed by atoms with Crippen LogP contribution in [0.4, 0.5) is 0 Å². The minimum atomic E-state index is 0.902. The van der Waals surface area contributed by atoms with E-state index in [1.54, 1.807) is 0 Å². The Hall–Kier alpha value is -1.68. The van der Waals surface area contributed by atoms with Crippen LogP contribution in [-0.4, -0.2) is 33.0 Å². The summed E-state index contributed by atoms with van der Waals surface area (Å²) in [6.45, 7) is 5.73. The first-order valence-corrected chi connectivity index (χ1v) is 12.9. The van der Waals surface area contributed by atoms with Crippen molar-refractivity contribution in [3.8, 4) is 0 Å². The molecular weight excluding hydrogens is 394 g/mol. The molecule has 0 fully saturated rings. The molecule has 178 valence electrons. The molecule has 0 aliphatic heterocycles. The third kappa shape index (κ3) is 15.2. The Labute approximate surface area is 196 Å². The number of unbranched alkanes of at least 4 members (excludes halogenated alkanes) is 7. The zero-order valence-corrected chi connectivity index (χ0v) is 20.1. The standard InChI is InChI=1S/C29H45NO2/c1(12-22-30-27-29-20-9-6-10-21-29)2-13-23-31-24-14-3-4-15-25-32-26-16-11-19-28-17-7-5-8-18-28/h5-10,17-18,20-21,30H,1-4,11-16,19,22-27H2. The third-order valence-electron chi connectivity index (χ3n) is 5.74. The molecule has 0 aliphatic rings. The van der Waals surface area contributed by atoms with E-state index in [2.05, 4.69) is 66.0 Å². The van der Waals surface area contributed by atoms with Gasteiger partial charge in [0.05, 0.1) is 0 Å². The van der Waals surface area contributed by atoms with Crippen LogP contribution >= 0.6 is 0 Å². The van der Waals surface area contributed by atoms with Gasteiger partial charge in [0.15, 0.2) is 0 Å². The molecule has 0 spiro atoms. The molecule has 0 aliphatic carbocycles. The van der Waals surface area contributed by atoms with Gasteiger partial charge < -0.3 is 14.8 Å². The van der Waals surface area contributed by atoms with Crippen molar-refractivity contribution in [3.63, 3.8) is 0 Å². The third-order valence-corrected chi connectivity index (χ3v) is 5.74. The molecule has 2 aromatic rings. The Kier molecular flexibility index (Phi) is 16.6. The van der Waals surface area contributed by atoms with Gasteiger partial charge in [-0.3, -0.25) is 0 Å². The second-order valence-corrected chi connectivity index (χ2v) is 8.66. The van der Waals surface area contributed by atoms with E-state index in [0.717, 1.165) is 52.4 Å². The lowest BCUT2D eigenvalue weighted by atomic mass is 10.1. The molecule has 0 bridgehead atoms. The van der Waals surface area contributed by atoms with Gasteiger partial charge in [-0.1, -0.05) is 86.3 Å². The molecule has 0 aromatic heterocycles. The highest BCUT2D eigenvalue weighted by atomic mass is 16.5. The van der Waals surface area contributed by atoms with E-state index in [-0.39, 0.29) is 0 Å². The van der Waals surface area contributed by atoms with E-state index in [4.69, 9.17) is 9.47 Å². The number of hydrogen-bond acceptors (Lipinski definition) is 3. The van der Waals surface area contributed by atoms with Crippen molar-refractivity contribution >= 4 is 0 Å². The average Bonchev–Trinajstić information content (AvgIpc) is 2.84. The zero-order chi connectivity index (χ0) is 22.4. The molecule has 0 amide bonds. The first-order valence-electron chi connectivity index (χ1n) is 12.9. The van der Waals surface area contributed by atoms with Crippen LogP contribution in [0.2, 0.25) is 0 Å². The molecule has 1 N–H and O–H groups in total. The van der Waals surface area contributed by atoms with Gasteiger partial charge >= 0.3 is 0 Å². The molecule has 2 aromatic carbocycles. The van der Waals surface area contributed by atoms with Crippen LogP contribution in [0.15, 0.2) is 60.7 Å².